The molecule has 0 fully saturated rings. The van der Waals surface area contributed by atoms with Crippen molar-refractivity contribution in [2.75, 3.05) is 6.54 Å². The standard InChI is InChI=1S/C7H11F2N3/c1-5-6(3-11-12(5)2)7(8,9)4-10/h3H,4,10H2,1-2H3. The number of hydrogen-bond donors (Lipinski definition) is 1. The molecule has 0 saturated carbocycles. The Bertz CT molecular complexity index is 280. The maximum atomic E-state index is 13.0. The molecule has 1 heterocycles. The first-order valence-corrected chi connectivity index (χ1v) is 3.56. The summed E-state index contributed by atoms with van der Waals surface area (Å²) in [6.07, 6.45) is 1.15. The molecular weight excluding hydrogens is 164 g/mol. The minimum Gasteiger partial charge on any atom is -0.325 e. The van der Waals surface area contributed by atoms with Crippen molar-refractivity contribution in [1.82, 2.24) is 9.78 Å². The Morgan fingerprint density at radius 3 is 2.58 bits per heavy atom. The Kier molecular flexibility index (Phi) is 2.14. The van der Waals surface area contributed by atoms with Gasteiger partial charge in [0.25, 0.3) is 5.92 Å². The van der Waals surface area contributed by atoms with Crippen molar-refractivity contribution in [3.05, 3.63) is 17.5 Å². The number of alkyl halides is 2. The van der Waals surface area contributed by atoms with Crippen molar-refractivity contribution < 1.29 is 8.78 Å². The molecule has 0 bridgehead atoms. The van der Waals surface area contributed by atoms with Crippen LogP contribution >= 0.6 is 0 Å². The minimum atomic E-state index is -2.96. The first kappa shape index (κ1) is 9.12. The van der Waals surface area contributed by atoms with Crippen LogP contribution < -0.4 is 5.73 Å². The zero-order valence-electron chi connectivity index (χ0n) is 7.01. The monoisotopic (exact) mass is 175 g/mol. The molecule has 0 aromatic carbocycles. The van der Waals surface area contributed by atoms with Gasteiger partial charge >= 0.3 is 0 Å². The molecule has 2 N–H and O–H groups in total. The van der Waals surface area contributed by atoms with E-state index in [1.54, 1.807) is 14.0 Å². The predicted octanol–water partition coefficient (Wildman–Crippen LogP) is 0.779. The molecule has 0 spiro atoms. The summed E-state index contributed by atoms with van der Waals surface area (Å²) in [7, 11) is 1.62. The van der Waals surface area contributed by atoms with Crippen LogP contribution in [-0.4, -0.2) is 16.3 Å². The lowest BCUT2D eigenvalue weighted by atomic mass is 10.1. The molecule has 5 heteroatoms. The molecule has 0 aliphatic heterocycles. The van der Waals surface area contributed by atoms with Gasteiger partial charge in [0, 0.05) is 12.7 Å². The number of aryl methyl sites for hydroxylation is 1. The molecule has 0 aliphatic carbocycles. The van der Waals surface area contributed by atoms with E-state index in [9.17, 15) is 8.78 Å². The van der Waals surface area contributed by atoms with Gasteiger partial charge < -0.3 is 5.73 Å². The van der Waals surface area contributed by atoms with E-state index in [-0.39, 0.29) is 5.56 Å². The molecule has 0 atom stereocenters. The fourth-order valence-electron chi connectivity index (χ4n) is 0.968. The third-order valence-corrected chi connectivity index (χ3v) is 1.89. The molecule has 0 radical (unpaired) electrons. The summed E-state index contributed by atoms with van der Waals surface area (Å²) in [5.74, 6) is -2.96. The number of aromatic nitrogens is 2. The van der Waals surface area contributed by atoms with Gasteiger partial charge in [0.05, 0.1) is 18.3 Å². The van der Waals surface area contributed by atoms with Gasteiger partial charge in [0.15, 0.2) is 0 Å². The van der Waals surface area contributed by atoms with Crippen molar-refractivity contribution in [3.63, 3.8) is 0 Å². The second-order valence-electron chi connectivity index (χ2n) is 2.68. The number of hydrogen-bond acceptors (Lipinski definition) is 2. The lowest BCUT2D eigenvalue weighted by Crippen LogP contribution is -2.25. The average molecular weight is 175 g/mol. The van der Waals surface area contributed by atoms with Crippen LogP contribution in [0.1, 0.15) is 11.3 Å². The summed E-state index contributed by atoms with van der Waals surface area (Å²) < 4.78 is 27.4. The zero-order chi connectivity index (χ0) is 9.35. The smallest absolute Gasteiger partial charge is 0.288 e. The van der Waals surface area contributed by atoms with Gasteiger partial charge in [0.2, 0.25) is 0 Å². The minimum absolute atomic E-state index is 0.0903. The second-order valence-corrected chi connectivity index (χ2v) is 2.68. The van der Waals surface area contributed by atoms with E-state index in [0.717, 1.165) is 6.20 Å². The van der Waals surface area contributed by atoms with Crippen LogP contribution in [0.25, 0.3) is 0 Å². The van der Waals surface area contributed by atoms with Crippen molar-refractivity contribution in [1.29, 1.82) is 0 Å². The van der Waals surface area contributed by atoms with E-state index < -0.39 is 12.5 Å². The maximum absolute atomic E-state index is 13.0. The van der Waals surface area contributed by atoms with Crippen LogP contribution in [0.15, 0.2) is 6.20 Å². The van der Waals surface area contributed by atoms with Crippen molar-refractivity contribution in [2.24, 2.45) is 12.8 Å². The van der Waals surface area contributed by atoms with E-state index >= 15 is 0 Å². The van der Waals surface area contributed by atoms with Gasteiger partial charge in [-0.05, 0) is 6.92 Å². The summed E-state index contributed by atoms with van der Waals surface area (Å²) in [5.41, 5.74) is 5.29. The van der Waals surface area contributed by atoms with E-state index in [1.165, 1.54) is 4.68 Å². The van der Waals surface area contributed by atoms with E-state index in [2.05, 4.69) is 5.10 Å². The lowest BCUT2D eigenvalue weighted by Gasteiger charge is -2.12. The summed E-state index contributed by atoms with van der Waals surface area (Å²) in [6, 6.07) is 0. The van der Waals surface area contributed by atoms with E-state index in [0.29, 0.717) is 5.69 Å². The molecule has 0 amide bonds. The molecule has 0 saturated heterocycles. The second kappa shape index (κ2) is 2.82. The predicted molar refractivity (Wildman–Crippen MR) is 40.9 cm³/mol. The number of rotatable bonds is 2. The SMILES string of the molecule is Cc1c(C(F)(F)CN)cnn1C. The van der Waals surface area contributed by atoms with E-state index in [1.807, 2.05) is 0 Å². The number of nitrogens with two attached hydrogens (primary N) is 1. The quantitative estimate of drug-likeness (QED) is 0.721. The molecule has 0 aliphatic rings. The largest absolute Gasteiger partial charge is 0.325 e. The Labute approximate surface area is 69.2 Å². The van der Waals surface area contributed by atoms with Gasteiger partial charge in [-0.2, -0.15) is 13.9 Å². The Hall–Kier alpha value is -0.970. The van der Waals surface area contributed by atoms with Crippen molar-refractivity contribution in [3.8, 4) is 0 Å². The van der Waals surface area contributed by atoms with Crippen molar-refractivity contribution >= 4 is 0 Å². The van der Waals surface area contributed by atoms with Crippen LogP contribution in [0.5, 0.6) is 0 Å². The molecular formula is C7H11F2N3. The van der Waals surface area contributed by atoms with Gasteiger partial charge in [-0.15, -0.1) is 0 Å². The first-order chi connectivity index (χ1) is 5.49. The van der Waals surface area contributed by atoms with Gasteiger partial charge in [-0.25, -0.2) is 0 Å². The third-order valence-electron chi connectivity index (χ3n) is 1.89. The van der Waals surface area contributed by atoms with Gasteiger partial charge in [-0.3, -0.25) is 4.68 Å². The highest BCUT2D eigenvalue weighted by Crippen LogP contribution is 2.28. The Balaban J connectivity index is 3.11. The summed E-state index contributed by atoms with van der Waals surface area (Å²) >= 11 is 0. The van der Waals surface area contributed by atoms with E-state index in [4.69, 9.17) is 5.73 Å². The van der Waals surface area contributed by atoms with Crippen LogP contribution in [0, 0.1) is 6.92 Å². The summed E-state index contributed by atoms with van der Waals surface area (Å²) in [6.45, 7) is 0.908. The average Bonchev–Trinajstić information content (AvgIpc) is 2.33. The molecule has 1 aromatic rings. The van der Waals surface area contributed by atoms with Crippen LogP contribution in [-0.2, 0) is 13.0 Å². The fraction of sp³-hybridized carbons (Fsp3) is 0.571. The highest BCUT2D eigenvalue weighted by atomic mass is 19.3. The highest BCUT2D eigenvalue weighted by Gasteiger charge is 2.33. The summed E-state index contributed by atoms with van der Waals surface area (Å²) in [5, 5.41) is 3.71. The molecule has 0 unspecified atom stereocenters. The Morgan fingerprint density at radius 1 is 1.67 bits per heavy atom. The number of halogens is 2. The number of nitrogens with zero attached hydrogens (tertiary/aromatic N) is 2. The molecule has 3 nitrogen and oxygen atoms in total. The molecule has 1 aromatic heterocycles. The van der Waals surface area contributed by atoms with Crippen LogP contribution in [0.3, 0.4) is 0 Å². The molecule has 1 rings (SSSR count). The Morgan fingerprint density at radius 2 is 2.25 bits per heavy atom. The van der Waals surface area contributed by atoms with Crippen LogP contribution in [0.2, 0.25) is 0 Å². The van der Waals surface area contributed by atoms with Crippen molar-refractivity contribution in [2.45, 2.75) is 12.8 Å². The topological polar surface area (TPSA) is 43.8 Å². The zero-order valence-corrected chi connectivity index (χ0v) is 7.01. The van der Waals surface area contributed by atoms with Crippen LogP contribution in [0.4, 0.5) is 8.78 Å². The first-order valence-electron chi connectivity index (χ1n) is 3.56. The lowest BCUT2D eigenvalue weighted by molar-refractivity contribution is 0.00522. The third kappa shape index (κ3) is 1.32. The maximum Gasteiger partial charge on any atom is 0.288 e. The summed E-state index contributed by atoms with van der Waals surface area (Å²) in [4.78, 5) is 0. The van der Waals surface area contributed by atoms with Gasteiger partial charge in [0.1, 0.15) is 0 Å². The fourth-order valence-corrected chi connectivity index (χ4v) is 0.968. The van der Waals surface area contributed by atoms with Gasteiger partial charge in [-0.1, -0.05) is 0 Å². The highest BCUT2D eigenvalue weighted by molar-refractivity contribution is 5.21. The molecule has 12 heavy (non-hydrogen) atoms. The molecule has 68 valence electrons. The normalized spacial score (nSPS) is 12.1.